The molecule has 2 N–H and O–H groups in total. The second-order valence-corrected chi connectivity index (χ2v) is 6.73. The van der Waals surface area contributed by atoms with E-state index in [0.29, 0.717) is 0 Å². The Kier molecular flexibility index (Phi) is 6.83. The van der Waals surface area contributed by atoms with E-state index < -0.39 is 0 Å². The third kappa shape index (κ3) is 5.83. The van der Waals surface area contributed by atoms with Crippen molar-refractivity contribution in [2.45, 2.75) is 31.8 Å². The molecule has 0 aliphatic heterocycles. The van der Waals surface area contributed by atoms with Gasteiger partial charge in [-0.3, -0.25) is 10.1 Å². The summed E-state index contributed by atoms with van der Waals surface area (Å²) in [7, 11) is 0. The number of carbonyl (C=O) groups is 1. The van der Waals surface area contributed by atoms with E-state index in [0.717, 1.165) is 24.2 Å². The van der Waals surface area contributed by atoms with Gasteiger partial charge in [-0.1, -0.05) is 60.7 Å². The molecule has 1 amide bonds. The van der Waals surface area contributed by atoms with Gasteiger partial charge in [0.05, 0.1) is 18.8 Å². The van der Waals surface area contributed by atoms with Crippen molar-refractivity contribution in [3.63, 3.8) is 0 Å². The largest absolute Gasteiger partial charge is 0.467 e. The molecule has 0 fully saturated rings. The molecule has 4 heteroatoms. The highest BCUT2D eigenvalue weighted by atomic mass is 16.3. The van der Waals surface area contributed by atoms with Crippen LogP contribution in [0.1, 0.15) is 36.3 Å². The molecular formula is C23H26N2O2. The molecule has 0 bridgehead atoms. The van der Waals surface area contributed by atoms with Gasteiger partial charge in [0.1, 0.15) is 5.76 Å². The van der Waals surface area contributed by atoms with Gasteiger partial charge in [0, 0.05) is 6.04 Å². The quantitative estimate of drug-likeness (QED) is 0.603. The molecule has 2 atom stereocenters. The average molecular weight is 362 g/mol. The third-order valence-electron chi connectivity index (χ3n) is 4.54. The molecule has 1 aromatic heterocycles. The monoisotopic (exact) mass is 362 g/mol. The number of aryl methyl sites for hydroxylation is 1. The van der Waals surface area contributed by atoms with E-state index in [1.54, 1.807) is 6.26 Å². The van der Waals surface area contributed by atoms with Crippen LogP contribution in [0.5, 0.6) is 0 Å². The van der Waals surface area contributed by atoms with E-state index in [2.05, 4.69) is 22.8 Å². The number of hydrogen-bond acceptors (Lipinski definition) is 3. The SMILES string of the molecule is C[C@H](CCc1ccccc1)NC(=O)CN[C@H](c1ccccc1)c1ccco1. The van der Waals surface area contributed by atoms with Gasteiger partial charge in [-0.25, -0.2) is 0 Å². The van der Waals surface area contributed by atoms with Gasteiger partial charge in [-0.2, -0.15) is 0 Å². The molecule has 0 aliphatic rings. The first-order chi connectivity index (χ1) is 13.2. The van der Waals surface area contributed by atoms with Crippen LogP contribution < -0.4 is 10.6 Å². The van der Waals surface area contributed by atoms with Crippen LogP contribution in [0, 0.1) is 0 Å². The number of nitrogens with one attached hydrogen (secondary N) is 2. The maximum absolute atomic E-state index is 12.4. The Morgan fingerprint density at radius 2 is 1.67 bits per heavy atom. The maximum atomic E-state index is 12.4. The Balaban J connectivity index is 1.50. The summed E-state index contributed by atoms with van der Waals surface area (Å²) in [6.45, 7) is 2.28. The molecule has 0 radical (unpaired) electrons. The van der Waals surface area contributed by atoms with Crippen LogP contribution >= 0.6 is 0 Å². The molecular weight excluding hydrogens is 336 g/mol. The molecule has 3 rings (SSSR count). The fourth-order valence-electron chi connectivity index (χ4n) is 3.10. The highest BCUT2D eigenvalue weighted by Gasteiger charge is 2.18. The van der Waals surface area contributed by atoms with Crippen LogP contribution in [0.25, 0.3) is 0 Å². The molecule has 0 saturated carbocycles. The molecule has 3 aromatic rings. The van der Waals surface area contributed by atoms with Gasteiger partial charge in [0.15, 0.2) is 0 Å². The van der Waals surface area contributed by atoms with Crippen molar-refractivity contribution in [1.29, 1.82) is 0 Å². The number of furan rings is 1. The Morgan fingerprint density at radius 3 is 2.33 bits per heavy atom. The van der Waals surface area contributed by atoms with Gasteiger partial charge in [-0.15, -0.1) is 0 Å². The normalized spacial score (nSPS) is 13.1. The fraction of sp³-hybridized carbons (Fsp3) is 0.261. The molecule has 0 unspecified atom stereocenters. The topological polar surface area (TPSA) is 54.3 Å². The summed E-state index contributed by atoms with van der Waals surface area (Å²) in [5.41, 5.74) is 2.36. The zero-order valence-corrected chi connectivity index (χ0v) is 15.6. The number of amides is 1. The standard InChI is InChI=1S/C23H26N2O2/c1-18(14-15-19-9-4-2-5-10-19)25-22(26)17-24-23(21-13-8-16-27-21)20-11-6-3-7-12-20/h2-13,16,18,23-24H,14-15,17H2,1H3,(H,25,26)/t18-,23-/m1/s1. The van der Waals surface area contributed by atoms with Gasteiger partial charge in [-0.05, 0) is 43.0 Å². The Hall–Kier alpha value is -2.85. The van der Waals surface area contributed by atoms with Crippen molar-refractivity contribution in [2.24, 2.45) is 0 Å². The zero-order chi connectivity index (χ0) is 18.9. The van der Waals surface area contributed by atoms with Crippen molar-refractivity contribution in [3.05, 3.63) is 95.9 Å². The predicted molar refractivity (Wildman–Crippen MR) is 107 cm³/mol. The van der Waals surface area contributed by atoms with Crippen molar-refractivity contribution in [2.75, 3.05) is 6.54 Å². The van der Waals surface area contributed by atoms with E-state index in [4.69, 9.17) is 4.42 Å². The minimum atomic E-state index is -0.147. The molecule has 0 spiro atoms. The zero-order valence-electron chi connectivity index (χ0n) is 15.6. The minimum absolute atomic E-state index is 0.0111. The molecule has 1 heterocycles. The smallest absolute Gasteiger partial charge is 0.234 e. The van der Waals surface area contributed by atoms with E-state index >= 15 is 0 Å². The van der Waals surface area contributed by atoms with Crippen LogP contribution in [0.2, 0.25) is 0 Å². The summed E-state index contributed by atoms with van der Waals surface area (Å²) in [6, 6.07) is 24.1. The van der Waals surface area contributed by atoms with Crippen molar-refractivity contribution in [3.8, 4) is 0 Å². The van der Waals surface area contributed by atoms with Crippen LogP contribution in [0.4, 0.5) is 0 Å². The summed E-state index contributed by atoms with van der Waals surface area (Å²) >= 11 is 0. The fourth-order valence-corrected chi connectivity index (χ4v) is 3.10. The predicted octanol–water partition coefficient (Wildman–Crippen LogP) is 4.10. The van der Waals surface area contributed by atoms with E-state index in [-0.39, 0.29) is 24.5 Å². The van der Waals surface area contributed by atoms with E-state index in [1.807, 2.05) is 67.6 Å². The van der Waals surface area contributed by atoms with E-state index in [9.17, 15) is 4.79 Å². The second kappa shape index (κ2) is 9.74. The summed E-state index contributed by atoms with van der Waals surface area (Å²) in [4.78, 5) is 12.4. The van der Waals surface area contributed by atoms with Gasteiger partial charge >= 0.3 is 0 Å². The van der Waals surface area contributed by atoms with Crippen LogP contribution in [0.3, 0.4) is 0 Å². The summed E-state index contributed by atoms with van der Waals surface area (Å²) in [6.07, 6.45) is 3.52. The van der Waals surface area contributed by atoms with Crippen molar-refractivity contribution >= 4 is 5.91 Å². The number of hydrogen-bond donors (Lipinski definition) is 2. The Labute approximate surface area is 160 Å². The highest BCUT2D eigenvalue weighted by Crippen LogP contribution is 2.21. The number of carbonyl (C=O) groups excluding carboxylic acids is 1. The third-order valence-corrected chi connectivity index (χ3v) is 4.54. The van der Waals surface area contributed by atoms with Crippen LogP contribution in [0.15, 0.2) is 83.5 Å². The number of benzene rings is 2. The molecule has 0 saturated heterocycles. The van der Waals surface area contributed by atoms with Crippen molar-refractivity contribution < 1.29 is 9.21 Å². The van der Waals surface area contributed by atoms with Gasteiger partial charge in [0.2, 0.25) is 5.91 Å². The van der Waals surface area contributed by atoms with Gasteiger partial charge < -0.3 is 9.73 Å². The lowest BCUT2D eigenvalue weighted by Crippen LogP contribution is -2.40. The van der Waals surface area contributed by atoms with E-state index in [1.165, 1.54) is 5.56 Å². The molecule has 27 heavy (non-hydrogen) atoms. The summed E-state index contributed by atoms with van der Waals surface area (Å²) in [5.74, 6) is 0.786. The summed E-state index contributed by atoms with van der Waals surface area (Å²) < 4.78 is 5.56. The molecule has 140 valence electrons. The highest BCUT2D eigenvalue weighted by molar-refractivity contribution is 5.78. The molecule has 2 aromatic carbocycles. The summed E-state index contributed by atoms with van der Waals surface area (Å²) in [5, 5.41) is 6.38. The Morgan fingerprint density at radius 1 is 0.963 bits per heavy atom. The first kappa shape index (κ1) is 18.9. The number of rotatable bonds is 9. The lowest BCUT2D eigenvalue weighted by molar-refractivity contribution is -0.121. The second-order valence-electron chi connectivity index (χ2n) is 6.73. The first-order valence-corrected chi connectivity index (χ1v) is 9.37. The first-order valence-electron chi connectivity index (χ1n) is 9.37. The molecule has 4 nitrogen and oxygen atoms in total. The maximum Gasteiger partial charge on any atom is 0.234 e. The van der Waals surface area contributed by atoms with Crippen molar-refractivity contribution in [1.82, 2.24) is 10.6 Å². The lowest BCUT2D eigenvalue weighted by atomic mass is 10.0. The average Bonchev–Trinajstić information content (AvgIpc) is 3.23. The van der Waals surface area contributed by atoms with Crippen LogP contribution in [-0.4, -0.2) is 18.5 Å². The Bertz CT molecular complexity index is 801. The minimum Gasteiger partial charge on any atom is -0.467 e. The molecule has 0 aliphatic carbocycles. The lowest BCUT2D eigenvalue weighted by Gasteiger charge is -2.19. The van der Waals surface area contributed by atoms with Gasteiger partial charge in [0.25, 0.3) is 0 Å². The van der Waals surface area contributed by atoms with Crippen LogP contribution in [-0.2, 0) is 11.2 Å².